The van der Waals surface area contributed by atoms with Crippen LogP contribution in [0.5, 0.6) is 5.75 Å². The van der Waals surface area contributed by atoms with Gasteiger partial charge in [0.05, 0.1) is 7.11 Å². The molecule has 1 fully saturated rings. The van der Waals surface area contributed by atoms with E-state index in [0.717, 1.165) is 37.2 Å². The highest BCUT2D eigenvalue weighted by atomic mass is 16.5. The number of carbonyl (C=O) groups excluding carboxylic acids is 1. The Morgan fingerprint density at radius 3 is 2.87 bits per heavy atom. The summed E-state index contributed by atoms with van der Waals surface area (Å²) in [6.45, 7) is 4.19. The van der Waals surface area contributed by atoms with E-state index >= 15 is 0 Å². The molecule has 0 radical (unpaired) electrons. The maximum Gasteiger partial charge on any atom is 0.265 e. The smallest absolute Gasteiger partial charge is 0.265 e. The Hall–Kier alpha value is -2.48. The molecule has 0 saturated carbocycles. The summed E-state index contributed by atoms with van der Waals surface area (Å²) in [5.74, 6) is 1.25. The summed E-state index contributed by atoms with van der Waals surface area (Å²) in [5.41, 5.74) is 1.18. The van der Waals surface area contributed by atoms with Crippen molar-refractivity contribution in [3.63, 3.8) is 0 Å². The molecule has 0 atom stereocenters. The second-order valence-electron chi connectivity index (χ2n) is 5.88. The summed E-state index contributed by atoms with van der Waals surface area (Å²) in [7, 11) is 1.62. The third kappa shape index (κ3) is 4.75. The predicted octanol–water partition coefficient (Wildman–Crippen LogP) is 2.45. The van der Waals surface area contributed by atoms with Crippen LogP contribution in [0, 0.1) is 17.2 Å². The zero-order chi connectivity index (χ0) is 16.7. The lowest BCUT2D eigenvalue weighted by Gasteiger charge is -2.30. The van der Waals surface area contributed by atoms with Gasteiger partial charge in [0.2, 0.25) is 0 Å². The first-order chi connectivity index (χ1) is 11.1. The lowest BCUT2D eigenvalue weighted by Crippen LogP contribution is -2.38. The van der Waals surface area contributed by atoms with Crippen molar-refractivity contribution < 1.29 is 9.53 Å². The third-order valence-corrected chi connectivity index (χ3v) is 4.11. The molecule has 0 spiro atoms. The van der Waals surface area contributed by atoms with Crippen LogP contribution in [-0.2, 0) is 11.3 Å². The average Bonchev–Trinajstić information content (AvgIpc) is 2.59. The summed E-state index contributed by atoms with van der Waals surface area (Å²) < 4.78 is 5.17. The second kappa shape index (κ2) is 8.23. The van der Waals surface area contributed by atoms with Gasteiger partial charge in [0.25, 0.3) is 5.91 Å². The normalized spacial score (nSPS) is 15.9. The molecule has 0 aromatic heterocycles. The summed E-state index contributed by atoms with van der Waals surface area (Å²) >= 11 is 0. The monoisotopic (exact) mass is 313 g/mol. The lowest BCUT2D eigenvalue weighted by molar-refractivity contribution is -0.128. The van der Waals surface area contributed by atoms with Crippen LogP contribution in [-0.4, -0.2) is 31.0 Å². The zero-order valence-electron chi connectivity index (χ0n) is 13.7. The van der Waals surface area contributed by atoms with Gasteiger partial charge in [0.1, 0.15) is 17.4 Å². The molecular formula is C18H23N3O2. The molecule has 1 N–H and O–H groups in total. The first-order valence-corrected chi connectivity index (χ1v) is 7.90. The van der Waals surface area contributed by atoms with Crippen molar-refractivity contribution >= 4 is 5.91 Å². The third-order valence-electron chi connectivity index (χ3n) is 4.11. The molecule has 1 aliphatic heterocycles. The van der Waals surface area contributed by atoms with Gasteiger partial charge in [0.15, 0.2) is 0 Å². The highest BCUT2D eigenvalue weighted by molar-refractivity contribution is 5.97. The van der Waals surface area contributed by atoms with Gasteiger partial charge in [-0.3, -0.25) is 4.79 Å². The molecule has 1 aromatic rings. The zero-order valence-corrected chi connectivity index (χ0v) is 13.7. The summed E-state index contributed by atoms with van der Waals surface area (Å²) in [6.07, 6.45) is 3.52. The minimum atomic E-state index is -0.183. The second-order valence-corrected chi connectivity index (χ2v) is 5.88. The average molecular weight is 313 g/mol. The Balaban J connectivity index is 1.93. The Labute approximate surface area is 137 Å². The van der Waals surface area contributed by atoms with Crippen molar-refractivity contribution in [1.82, 2.24) is 10.2 Å². The van der Waals surface area contributed by atoms with Gasteiger partial charge in [-0.1, -0.05) is 19.1 Å². The Bertz CT molecular complexity index is 611. The van der Waals surface area contributed by atoms with E-state index in [-0.39, 0.29) is 11.5 Å². The number of likely N-dealkylation sites (tertiary alicyclic amines) is 1. The van der Waals surface area contributed by atoms with Gasteiger partial charge in [-0.05, 0) is 36.5 Å². The summed E-state index contributed by atoms with van der Waals surface area (Å²) in [6, 6.07) is 9.66. The predicted molar refractivity (Wildman–Crippen MR) is 88.5 cm³/mol. The molecule has 1 heterocycles. The van der Waals surface area contributed by atoms with Crippen molar-refractivity contribution in [3.05, 3.63) is 41.6 Å². The lowest BCUT2D eigenvalue weighted by atomic mass is 9.99. The number of hydrogen-bond acceptors (Lipinski definition) is 4. The fraction of sp³-hybridized carbons (Fsp3) is 0.444. The number of rotatable bonds is 5. The van der Waals surface area contributed by atoms with Crippen LogP contribution < -0.4 is 10.1 Å². The van der Waals surface area contributed by atoms with Gasteiger partial charge in [-0.2, -0.15) is 5.26 Å². The molecule has 23 heavy (non-hydrogen) atoms. The molecule has 0 unspecified atom stereocenters. The largest absolute Gasteiger partial charge is 0.497 e. The fourth-order valence-electron chi connectivity index (χ4n) is 2.58. The molecule has 2 rings (SSSR count). The van der Waals surface area contributed by atoms with Crippen LogP contribution in [0.4, 0.5) is 0 Å². The molecular weight excluding hydrogens is 290 g/mol. The van der Waals surface area contributed by atoms with Crippen LogP contribution in [0.1, 0.15) is 25.3 Å². The number of carbonyl (C=O) groups is 1. The van der Waals surface area contributed by atoms with E-state index in [9.17, 15) is 10.1 Å². The van der Waals surface area contributed by atoms with E-state index < -0.39 is 0 Å². The van der Waals surface area contributed by atoms with Crippen LogP contribution in [0.2, 0.25) is 0 Å². The van der Waals surface area contributed by atoms with Crippen molar-refractivity contribution in [1.29, 1.82) is 5.26 Å². The van der Waals surface area contributed by atoms with E-state index in [1.54, 1.807) is 12.0 Å². The highest BCUT2D eigenvalue weighted by Crippen LogP contribution is 2.17. The van der Waals surface area contributed by atoms with Crippen molar-refractivity contribution in [3.8, 4) is 11.8 Å². The van der Waals surface area contributed by atoms with Gasteiger partial charge in [-0.25, -0.2) is 0 Å². The van der Waals surface area contributed by atoms with E-state index in [1.807, 2.05) is 30.3 Å². The summed E-state index contributed by atoms with van der Waals surface area (Å²) in [4.78, 5) is 14.1. The van der Waals surface area contributed by atoms with E-state index in [0.29, 0.717) is 12.5 Å². The first-order valence-electron chi connectivity index (χ1n) is 7.90. The maximum atomic E-state index is 12.4. The van der Waals surface area contributed by atoms with Gasteiger partial charge in [-0.15, -0.1) is 0 Å². The number of hydrogen-bond donors (Lipinski definition) is 1. The van der Waals surface area contributed by atoms with Crippen LogP contribution >= 0.6 is 0 Å². The molecule has 1 aromatic carbocycles. The number of benzene rings is 1. The molecule has 0 bridgehead atoms. The molecule has 1 aliphatic rings. The van der Waals surface area contributed by atoms with Gasteiger partial charge < -0.3 is 15.0 Å². The number of nitriles is 1. The topological polar surface area (TPSA) is 65.4 Å². The van der Waals surface area contributed by atoms with Crippen LogP contribution in [0.25, 0.3) is 0 Å². The Kier molecular flexibility index (Phi) is 6.04. The first kappa shape index (κ1) is 16.9. The number of amides is 1. The van der Waals surface area contributed by atoms with Crippen LogP contribution in [0.15, 0.2) is 36.0 Å². The van der Waals surface area contributed by atoms with Gasteiger partial charge >= 0.3 is 0 Å². The fourth-order valence-corrected chi connectivity index (χ4v) is 2.58. The van der Waals surface area contributed by atoms with E-state index in [4.69, 9.17) is 4.74 Å². The number of ether oxygens (including phenoxy) is 1. The molecule has 5 nitrogen and oxygen atoms in total. The number of nitrogens with zero attached hydrogens (tertiary/aromatic N) is 2. The quantitative estimate of drug-likeness (QED) is 0.670. The molecule has 1 saturated heterocycles. The Morgan fingerprint density at radius 1 is 1.48 bits per heavy atom. The molecule has 0 aliphatic carbocycles. The van der Waals surface area contributed by atoms with E-state index in [1.165, 1.54) is 6.20 Å². The minimum Gasteiger partial charge on any atom is -0.497 e. The summed E-state index contributed by atoms with van der Waals surface area (Å²) in [5, 5.41) is 12.3. The molecule has 1 amide bonds. The molecule has 5 heteroatoms. The number of methoxy groups -OCH3 is 1. The minimum absolute atomic E-state index is 0.155. The van der Waals surface area contributed by atoms with E-state index in [2.05, 4.69) is 12.2 Å². The standard InChI is InChI=1S/C18H23N3O2/c1-14-6-8-21(9-7-14)18(22)16(11-19)13-20-12-15-4-3-5-17(10-15)23-2/h3-5,10,13-14,20H,6-9,12H2,1-2H3/b16-13-. The number of nitrogens with one attached hydrogen (secondary N) is 1. The maximum absolute atomic E-state index is 12.4. The van der Waals surface area contributed by atoms with Crippen LogP contribution in [0.3, 0.4) is 0 Å². The van der Waals surface area contributed by atoms with Crippen molar-refractivity contribution in [2.45, 2.75) is 26.3 Å². The van der Waals surface area contributed by atoms with Crippen molar-refractivity contribution in [2.75, 3.05) is 20.2 Å². The molecule has 122 valence electrons. The van der Waals surface area contributed by atoms with Crippen molar-refractivity contribution in [2.24, 2.45) is 5.92 Å². The number of piperidine rings is 1. The highest BCUT2D eigenvalue weighted by Gasteiger charge is 2.22. The Morgan fingerprint density at radius 2 is 2.22 bits per heavy atom. The van der Waals surface area contributed by atoms with Gasteiger partial charge in [0, 0.05) is 25.8 Å². The SMILES string of the molecule is COc1cccc(CN/C=C(/C#N)C(=O)N2CCC(C)CC2)c1.